The summed E-state index contributed by atoms with van der Waals surface area (Å²) in [6.45, 7) is 4.46. The Morgan fingerprint density at radius 1 is 1.00 bits per heavy atom. The maximum Gasteiger partial charge on any atom is 0.243 e. The maximum absolute atomic E-state index is 13.6. The van der Waals surface area contributed by atoms with Crippen LogP contribution in [-0.2, 0) is 10.2 Å². The molecule has 0 unspecified atom stereocenters. The number of anilines is 1. The van der Waals surface area contributed by atoms with Crippen molar-refractivity contribution in [1.29, 1.82) is 0 Å². The van der Waals surface area contributed by atoms with E-state index in [1.54, 1.807) is 7.05 Å². The second kappa shape index (κ2) is 11.0. The molecule has 0 aromatic heterocycles. The Labute approximate surface area is 185 Å². The van der Waals surface area contributed by atoms with Gasteiger partial charge in [-0.25, -0.2) is 13.2 Å². The van der Waals surface area contributed by atoms with Gasteiger partial charge < -0.3 is 16.0 Å². The summed E-state index contributed by atoms with van der Waals surface area (Å²) in [6.07, 6.45) is 0. The normalized spacial score (nSPS) is 11.4. The largest absolute Gasteiger partial charge is 0.356 e. The Kier molecular flexibility index (Phi) is 9.41. The summed E-state index contributed by atoms with van der Waals surface area (Å²) >= 11 is 0. The standard InChI is InChI=1S/C20H23F3N4O.HI/c1-20(2,13-7-5-4-6-8-13)12-26-19(24-3)25-11-16(28)27-15-10-9-14(21)17(22)18(15)23;/h4-10H,11-12H2,1-3H3,(H,27,28)(H2,24,25,26);1H. The predicted octanol–water partition coefficient (Wildman–Crippen LogP) is 3.80. The van der Waals surface area contributed by atoms with E-state index in [-0.39, 0.29) is 35.9 Å². The minimum absolute atomic E-state index is 0. The third-order valence-electron chi connectivity index (χ3n) is 4.20. The Balaban J connectivity index is 0.00000420. The van der Waals surface area contributed by atoms with E-state index >= 15 is 0 Å². The maximum atomic E-state index is 13.6. The highest BCUT2D eigenvalue weighted by Gasteiger charge is 2.21. The van der Waals surface area contributed by atoms with Gasteiger partial charge in [0.05, 0.1) is 12.2 Å². The van der Waals surface area contributed by atoms with E-state index in [2.05, 4.69) is 34.8 Å². The topological polar surface area (TPSA) is 65.5 Å². The molecular weight excluding hydrogens is 496 g/mol. The SMILES string of the molecule is CN=C(NCC(=O)Nc1ccc(F)c(F)c1F)NCC(C)(C)c1ccccc1.I. The van der Waals surface area contributed by atoms with Gasteiger partial charge in [-0.1, -0.05) is 44.2 Å². The molecule has 0 heterocycles. The molecule has 0 spiro atoms. The number of nitrogens with zero attached hydrogens (tertiary/aromatic N) is 1. The monoisotopic (exact) mass is 520 g/mol. The van der Waals surface area contributed by atoms with Gasteiger partial charge in [0.2, 0.25) is 5.91 Å². The van der Waals surface area contributed by atoms with E-state index in [1.807, 2.05) is 30.3 Å². The van der Waals surface area contributed by atoms with Gasteiger partial charge in [0, 0.05) is 19.0 Å². The van der Waals surface area contributed by atoms with Crippen molar-refractivity contribution in [2.24, 2.45) is 4.99 Å². The van der Waals surface area contributed by atoms with Gasteiger partial charge in [-0.3, -0.25) is 9.79 Å². The van der Waals surface area contributed by atoms with Gasteiger partial charge in [-0.2, -0.15) is 0 Å². The van der Waals surface area contributed by atoms with Gasteiger partial charge in [-0.05, 0) is 17.7 Å². The second-order valence-corrected chi connectivity index (χ2v) is 6.80. The van der Waals surface area contributed by atoms with Crippen LogP contribution in [0.15, 0.2) is 47.5 Å². The van der Waals surface area contributed by atoms with Crippen LogP contribution in [-0.4, -0.2) is 32.0 Å². The summed E-state index contributed by atoms with van der Waals surface area (Å²) in [5.74, 6) is -4.65. The number of rotatable bonds is 6. The average Bonchev–Trinajstić information content (AvgIpc) is 2.69. The molecule has 29 heavy (non-hydrogen) atoms. The zero-order valence-electron chi connectivity index (χ0n) is 16.4. The molecule has 0 aliphatic carbocycles. The van der Waals surface area contributed by atoms with Crippen LogP contribution in [0.1, 0.15) is 19.4 Å². The molecule has 0 fully saturated rings. The van der Waals surface area contributed by atoms with Crippen LogP contribution < -0.4 is 16.0 Å². The lowest BCUT2D eigenvalue weighted by Gasteiger charge is -2.26. The van der Waals surface area contributed by atoms with Crippen molar-refractivity contribution in [3.63, 3.8) is 0 Å². The van der Waals surface area contributed by atoms with Crippen LogP contribution in [0.5, 0.6) is 0 Å². The summed E-state index contributed by atoms with van der Waals surface area (Å²) in [7, 11) is 1.55. The molecule has 1 amide bonds. The Hall–Kier alpha value is -2.30. The van der Waals surface area contributed by atoms with Crippen molar-refractivity contribution < 1.29 is 18.0 Å². The van der Waals surface area contributed by atoms with E-state index in [0.29, 0.717) is 12.5 Å². The van der Waals surface area contributed by atoms with Gasteiger partial charge in [0.25, 0.3) is 0 Å². The van der Waals surface area contributed by atoms with Crippen LogP contribution >= 0.6 is 24.0 Å². The fourth-order valence-corrected chi connectivity index (χ4v) is 2.50. The van der Waals surface area contributed by atoms with Gasteiger partial charge in [0.15, 0.2) is 23.4 Å². The molecule has 0 bridgehead atoms. The van der Waals surface area contributed by atoms with Crippen LogP contribution in [0.4, 0.5) is 18.9 Å². The number of benzene rings is 2. The van der Waals surface area contributed by atoms with Crippen molar-refractivity contribution in [3.05, 3.63) is 65.5 Å². The number of guanidine groups is 1. The Bertz CT molecular complexity index is 860. The summed E-state index contributed by atoms with van der Waals surface area (Å²) < 4.78 is 39.8. The van der Waals surface area contributed by atoms with E-state index in [9.17, 15) is 18.0 Å². The molecule has 3 N–H and O–H groups in total. The fourth-order valence-electron chi connectivity index (χ4n) is 2.50. The van der Waals surface area contributed by atoms with Crippen LogP contribution in [0.2, 0.25) is 0 Å². The molecule has 2 rings (SSSR count). The molecule has 0 aliphatic rings. The van der Waals surface area contributed by atoms with Crippen molar-refractivity contribution in [3.8, 4) is 0 Å². The van der Waals surface area contributed by atoms with Gasteiger partial charge >= 0.3 is 0 Å². The van der Waals surface area contributed by atoms with Crippen molar-refractivity contribution in [1.82, 2.24) is 10.6 Å². The lowest BCUT2D eigenvalue weighted by Crippen LogP contribution is -2.45. The van der Waals surface area contributed by atoms with E-state index in [4.69, 9.17) is 0 Å². The number of hydrogen-bond donors (Lipinski definition) is 3. The molecule has 0 aliphatic heterocycles. The third-order valence-corrected chi connectivity index (χ3v) is 4.20. The Morgan fingerprint density at radius 2 is 1.66 bits per heavy atom. The van der Waals surface area contributed by atoms with E-state index in [1.165, 1.54) is 0 Å². The first-order chi connectivity index (χ1) is 13.2. The first kappa shape index (κ1) is 24.7. The van der Waals surface area contributed by atoms with Gasteiger partial charge in [0.1, 0.15) is 0 Å². The van der Waals surface area contributed by atoms with Gasteiger partial charge in [-0.15, -0.1) is 24.0 Å². The zero-order chi connectivity index (χ0) is 20.7. The summed E-state index contributed by atoms with van der Waals surface area (Å²) in [4.78, 5) is 16.0. The summed E-state index contributed by atoms with van der Waals surface area (Å²) in [6, 6.07) is 11.6. The fraction of sp³-hybridized carbons (Fsp3) is 0.300. The number of aliphatic imine (C=N–C) groups is 1. The van der Waals surface area contributed by atoms with Crippen LogP contribution in [0, 0.1) is 17.5 Å². The number of carbonyl (C=O) groups is 1. The highest BCUT2D eigenvalue weighted by atomic mass is 127. The number of hydrogen-bond acceptors (Lipinski definition) is 2. The molecule has 0 radical (unpaired) electrons. The molecular formula is C20H24F3IN4O. The predicted molar refractivity (Wildman–Crippen MR) is 119 cm³/mol. The third kappa shape index (κ3) is 6.91. The second-order valence-electron chi connectivity index (χ2n) is 6.80. The molecule has 0 saturated heterocycles. The smallest absolute Gasteiger partial charge is 0.243 e. The lowest BCUT2D eigenvalue weighted by molar-refractivity contribution is -0.115. The lowest BCUT2D eigenvalue weighted by atomic mass is 9.85. The van der Waals surface area contributed by atoms with Crippen molar-refractivity contribution >= 4 is 41.5 Å². The number of amides is 1. The first-order valence-corrected chi connectivity index (χ1v) is 8.68. The highest BCUT2D eigenvalue weighted by molar-refractivity contribution is 14.0. The quantitative estimate of drug-likeness (QED) is 0.235. The van der Waals surface area contributed by atoms with E-state index < -0.39 is 29.0 Å². The summed E-state index contributed by atoms with van der Waals surface area (Å²) in [5, 5.41) is 8.12. The average molecular weight is 520 g/mol. The van der Waals surface area contributed by atoms with E-state index in [0.717, 1.165) is 17.7 Å². The molecule has 158 valence electrons. The van der Waals surface area contributed by atoms with Crippen LogP contribution in [0.25, 0.3) is 0 Å². The first-order valence-electron chi connectivity index (χ1n) is 8.68. The minimum atomic E-state index is -1.63. The molecule has 0 saturated carbocycles. The summed E-state index contributed by atoms with van der Waals surface area (Å²) in [5.41, 5.74) is 0.527. The molecule has 5 nitrogen and oxygen atoms in total. The number of carbonyl (C=O) groups excluding carboxylic acids is 1. The highest BCUT2D eigenvalue weighted by Crippen LogP contribution is 2.21. The zero-order valence-corrected chi connectivity index (χ0v) is 18.7. The molecule has 9 heteroatoms. The molecule has 2 aromatic rings. The molecule has 2 aromatic carbocycles. The molecule has 0 atom stereocenters. The minimum Gasteiger partial charge on any atom is -0.356 e. The number of halogens is 4. The Morgan fingerprint density at radius 3 is 2.28 bits per heavy atom. The van der Waals surface area contributed by atoms with Crippen LogP contribution in [0.3, 0.4) is 0 Å². The van der Waals surface area contributed by atoms with Crippen molar-refractivity contribution in [2.45, 2.75) is 19.3 Å². The number of nitrogens with one attached hydrogen (secondary N) is 3. The van der Waals surface area contributed by atoms with Crippen molar-refractivity contribution in [2.75, 3.05) is 25.5 Å².